The third-order valence-corrected chi connectivity index (χ3v) is 10.1. The molecular formula is C24H31N3O3. The summed E-state index contributed by atoms with van der Waals surface area (Å²) in [5, 5.41) is 15.6. The summed E-state index contributed by atoms with van der Waals surface area (Å²) in [6.45, 7) is 3.60. The molecule has 2 unspecified atom stereocenters. The molecule has 1 aromatic carbocycles. The first kappa shape index (κ1) is 18.0. The Bertz CT molecular complexity index is 946. The molecule has 0 radical (unpaired) electrons. The van der Waals surface area contributed by atoms with Crippen molar-refractivity contribution in [3.05, 3.63) is 33.4 Å². The molecule has 6 atom stereocenters. The van der Waals surface area contributed by atoms with Gasteiger partial charge in [0.05, 0.1) is 12.0 Å². The van der Waals surface area contributed by atoms with E-state index in [0.717, 1.165) is 24.8 Å². The van der Waals surface area contributed by atoms with Crippen LogP contribution in [0.5, 0.6) is 5.75 Å². The number of nitro groups is 1. The molecule has 2 saturated heterocycles. The number of ether oxygens (including phenoxy) is 1. The molecular weight excluding hydrogens is 378 g/mol. The van der Waals surface area contributed by atoms with Gasteiger partial charge in [0.2, 0.25) is 0 Å². The van der Waals surface area contributed by atoms with E-state index in [2.05, 4.69) is 16.3 Å². The summed E-state index contributed by atoms with van der Waals surface area (Å²) in [6.07, 6.45) is 8.91. The first-order valence-electron chi connectivity index (χ1n) is 11.9. The molecule has 0 spiro atoms. The quantitative estimate of drug-likeness (QED) is 0.611. The molecule has 160 valence electrons. The lowest BCUT2D eigenvalue weighted by molar-refractivity contribution is -0.385. The van der Waals surface area contributed by atoms with Gasteiger partial charge in [0.15, 0.2) is 5.75 Å². The van der Waals surface area contributed by atoms with Crippen molar-refractivity contribution in [2.75, 3.05) is 26.7 Å². The molecule has 6 aliphatic rings. The number of methoxy groups -OCH3 is 1. The number of nitro benzene ring substituents is 1. The summed E-state index contributed by atoms with van der Waals surface area (Å²) in [6, 6.07) is 5.14. The normalized spacial score (nSPS) is 43.2. The third kappa shape index (κ3) is 1.98. The first-order valence-corrected chi connectivity index (χ1v) is 11.9. The second-order valence-electron chi connectivity index (χ2n) is 11.0. The highest BCUT2D eigenvalue weighted by Gasteiger charge is 2.75. The monoisotopic (exact) mass is 409 g/mol. The molecule has 2 aliphatic heterocycles. The van der Waals surface area contributed by atoms with Crippen LogP contribution in [0, 0.1) is 33.3 Å². The zero-order chi connectivity index (χ0) is 20.3. The third-order valence-electron chi connectivity index (χ3n) is 10.1. The number of nitrogens with zero attached hydrogens (tertiary/aromatic N) is 2. The molecule has 4 bridgehead atoms. The minimum Gasteiger partial charge on any atom is -0.490 e. The van der Waals surface area contributed by atoms with Crippen molar-refractivity contribution in [3.8, 4) is 5.75 Å². The maximum atomic E-state index is 11.8. The van der Waals surface area contributed by atoms with Crippen LogP contribution in [0.2, 0.25) is 0 Å². The molecule has 0 amide bonds. The smallest absolute Gasteiger partial charge is 0.311 e. The van der Waals surface area contributed by atoms with E-state index in [1.54, 1.807) is 7.11 Å². The number of rotatable bonds is 4. The van der Waals surface area contributed by atoms with Crippen LogP contribution in [0.1, 0.15) is 49.7 Å². The van der Waals surface area contributed by atoms with E-state index < -0.39 is 0 Å². The molecule has 6 heteroatoms. The highest BCUT2D eigenvalue weighted by atomic mass is 16.6. The van der Waals surface area contributed by atoms with Crippen molar-refractivity contribution in [3.63, 3.8) is 0 Å². The Morgan fingerprint density at radius 1 is 1.30 bits per heavy atom. The van der Waals surface area contributed by atoms with Crippen molar-refractivity contribution in [2.24, 2.45) is 23.2 Å². The van der Waals surface area contributed by atoms with Crippen molar-refractivity contribution < 1.29 is 9.66 Å². The van der Waals surface area contributed by atoms with Gasteiger partial charge in [0, 0.05) is 30.1 Å². The van der Waals surface area contributed by atoms with Gasteiger partial charge < -0.3 is 10.1 Å². The molecule has 1 aromatic rings. The van der Waals surface area contributed by atoms with E-state index in [4.69, 9.17) is 4.74 Å². The first-order chi connectivity index (χ1) is 14.6. The van der Waals surface area contributed by atoms with Gasteiger partial charge in [-0.1, -0.05) is 0 Å². The standard InChI is InChI=1S/C24H31N3O3/c1-30-20-10-17-15(8-19(20)27(28)29)9-21-23-5-4-18-22(16(11-23)12-25-18)24(17,23)6-7-26(21)13-14-2-3-14/h8,10,14,16,18,21-22,25H,2-7,9,11-13H2,1H3/t16-,18?,21-,22?,23-,24+/m1/s1. The number of likely N-dealkylation sites (tertiary alicyclic amines) is 1. The summed E-state index contributed by atoms with van der Waals surface area (Å²) in [5.41, 5.74) is 3.30. The molecule has 5 fully saturated rings. The van der Waals surface area contributed by atoms with Crippen molar-refractivity contribution in [1.82, 2.24) is 10.2 Å². The van der Waals surface area contributed by atoms with Crippen LogP contribution in [0.15, 0.2) is 12.1 Å². The lowest BCUT2D eigenvalue weighted by Gasteiger charge is -2.66. The molecule has 6 nitrogen and oxygen atoms in total. The average Bonchev–Trinajstić information content (AvgIpc) is 3.40. The number of hydrogen-bond donors (Lipinski definition) is 1. The predicted octanol–water partition coefficient (Wildman–Crippen LogP) is 3.27. The van der Waals surface area contributed by atoms with Crippen LogP contribution in [0.4, 0.5) is 5.69 Å². The Morgan fingerprint density at radius 3 is 2.93 bits per heavy atom. The van der Waals surface area contributed by atoms with Crippen LogP contribution in [-0.4, -0.2) is 48.7 Å². The molecule has 1 N–H and O–H groups in total. The molecule has 3 saturated carbocycles. The van der Waals surface area contributed by atoms with Gasteiger partial charge in [-0.25, -0.2) is 0 Å². The maximum absolute atomic E-state index is 11.8. The molecule has 0 aromatic heterocycles. The number of piperidine rings is 1. The topological polar surface area (TPSA) is 67.6 Å². The maximum Gasteiger partial charge on any atom is 0.311 e. The fraction of sp³-hybridized carbons (Fsp3) is 0.750. The summed E-state index contributed by atoms with van der Waals surface area (Å²) in [7, 11) is 1.58. The fourth-order valence-corrected chi connectivity index (χ4v) is 9.14. The van der Waals surface area contributed by atoms with Crippen LogP contribution in [0.25, 0.3) is 0 Å². The Balaban J connectivity index is 1.45. The predicted molar refractivity (Wildman–Crippen MR) is 113 cm³/mol. The Hall–Kier alpha value is -1.66. The zero-order valence-electron chi connectivity index (χ0n) is 17.7. The largest absolute Gasteiger partial charge is 0.490 e. The van der Waals surface area contributed by atoms with Crippen molar-refractivity contribution in [2.45, 2.75) is 62.4 Å². The van der Waals surface area contributed by atoms with Gasteiger partial charge in [-0.05, 0) is 98.4 Å². The second-order valence-corrected chi connectivity index (χ2v) is 11.0. The summed E-state index contributed by atoms with van der Waals surface area (Å²) >= 11 is 0. The Kier molecular flexibility index (Phi) is 3.45. The van der Waals surface area contributed by atoms with E-state index in [0.29, 0.717) is 29.2 Å². The number of fused-ring (bicyclic) bond motifs is 1. The molecule has 7 rings (SSSR count). The lowest BCUT2D eigenvalue weighted by Crippen LogP contribution is -2.69. The van der Waals surface area contributed by atoms with Crippen LogP contribution >= 0.6 is 0 Å². The Labute approximate surface area is 177 Å². The summed E-state index contributed by atoms with van der Waals surface area (Å²) < 4.78 is 5.56. The second kappa shape index (κ2) is 5.77. The number of nitrogens with one attached hydrogen (secondary N) is 1. The highest BCUT2D eigenvalue weighted by molar-refractivity contribution is 5.58. The van der Waals surface area contributed by atoms with Crippen LogP contribution in [0.3, 0.4) is 0 Å². The number of benzene rings is 1. The summed E-state index contributed by atoms with van der Waals surface area (Å²) in [5.74, 6) is 2.78. The van der Waals surface area contributed by atoms with E-state index >= 15 is 0 Å². The zero-order valence-corrected chi connectivity index (χ0v) is 17.7. The van der Waals surface area contributed by atoms with Gasteiger partial charge in [-0.15, -0.1) is 0 Å². The van der Waals surface area contributed by atoms with Crippen LogP contribution < -0.4 is 10.1 Å². The van der Waals surface area contributed by atoms with E-state index in [1.165, 1.54) is 62.7 Å². The minimum absolute atomic E-state index is 0.139. The van der Waals surface area contributed by atoms with Gasteiger partial charge in [-0.2, -0.15) is 0 Å². The molecule has 2 heterocycles. The van der Waals surface area contributed by atoms with E-state index in [9.17, 15) is 10.1 Å². The lowest BCUT2D eigenvalue weighted by atomic mass is 9.43. The minimum atomic E-state index is -0.264. The van der Waals surface area contributed by atoms with Gasteiger partial charge in [0.25, 0.3) is 0 Å². The van der Waals surface area contributed by atoms with Gasteiger partial charge in [-0.3, -0.25) is 15.0 Å². The fourth-order valence-electron chi connectivity index (χ4n) is 9.14. The van der Waals surface area contributed by atoms with E-state index in [-0.39, 0.29) is 16.0 Å². The van der Waals surface area contributed by atoms with Crippen LogP contribution in [-0.2, 0) is 11.8 Å². The van der Waals surface area contributed by atoms with Gasteiger partial charge in [0.1, 0.15) is 0 Å². The average molecular weight is 410 g/mol. The van der Waals surface area contributed by atoms with E-state index in [1.807, 2.05) is 6.07 Å². The van der Waals surface area contributed by atoms with Gasteiger partial charge >= 0.3 is 5.69 Å². The van der Waals surface area contributed by atoms with Crippen molar-refractivity contribution >= 4 is 5.69 Å². The van der Waals surface area contributed by atoms with Crippen molar-refractivity contribution in [1.29, 1.82) is 0 Å². The molecule has 4 aliphatic carbocycles. The summed E-state index contributed by atoms with van der Waals surface area (Å²) in [4.78, 5) is 14.3. The Morgan fingerprint density at radius 2 is 2.17 bits per heavy atom. The SMILES string of the molecule is COc1cc2c(cc1[N+](=O)[O-])C[C@H]1N(CC3CC3)CC[C@@]23C2C4CC[C@@]13C[C@@H]2CN4. The highest BCUT2D eigenvalue weighted by Crippen LogP contribution is 2.74. The number of hydrogen-bond acceptors (Lipinski definition) is 5. The molecule has 30 heavy (non-hydrogen) atoms.